The topological polar surface area (TPSA) is 88.4 Å². The van der Waals surface area contributed by atoms with E-state index in [1.165, 1.54) is 11.3 Å². The molecular weight excluding hydrogens is 548 g/mol. The zero-order chi connectivity index (χ0) is 25.6. The number of halogens is 1. The van der Waals surface area contributed by atoms with Crippen LogP contribution in [0.5, 0.6) is 17.2 Å². The first-order chi connectivity index (χ1) is 17.3. The molecule has 0 amide bonds. The number of nitrogens with zero attached hydrogens (tertiary/aromatic N) is 2. The Morgan fingerprint density at radius 2 is 2.00 bits per heavy atom. The molecule has 0 unspecified atom stereocenters. The van der Waals surface area contributed by atoms with Gasteiger partial charge < -0.3 is 18.9 Å². The quantitative estimate of drug-likeness (QED) is 0.435. The van der Waals surface area contributed by atoms with Crippen LogP contribution in [0.25, 0.3) is 6.08 Å². The van der Waals surface area contributed by atoms with Crippen molar-refractivity contribution in [3.63, 3.8) is 0 Å². The minimum atomic E-state index is -0.706. The summed E-state index contributed by atoms with van der Waals surface area (Å²) in [6, 6.07) is 8.53. The van der Waals surface area contributed by atoms with Crippen molar-refractivity contribution in [3.8, 4) is 17.2 Å². The Hall–Kier alpha value is -3.37. The van der Waals surface area contributed by atoms with Gasteiger partial charge in [0.25, 0.3) is 5.56 Å². The summed E-state index contributed by atoms with van der Waals surface area (Å²) in [5.74, 6) is 1.46. The molecule has 8 nitrogen and oxygen atoms in total. The number of methoxy groups -OCH3 is 1. The highest BCUT2D eigenvalue weighted by molar-refractivity contribution is 9.10. The molecule has 2 aromatic carbocycles. The number of rotatable bonds is 5. The van der Waals surface area contributed by atoms with E-state index >= 15 is 0 Å². The molecule has 1 aromatic heterocycles. The monoisotopic (exact) mass is 570 g/mol. The van der Waals surface area contributed by atoms with E-state index in [1.54, 1.807) is 31.6 Å². The number of ether oxygens (including phenoxy) is 4. The largest absolute Gasteiger partial charge is 0.496 e. The molecule has 2 aliphatic heterocycles. The SMILES string of the molecule is CCOC(=O)C1=C(C)N=c2s/c(=C\c3cc4c(cc3C)OCO4)c(=O)n2[C@@H]1c1ccc(OC)c(Br)c1. The van der Waals surface area contributed by atoms with Crippen LogP contribution in [0, 0.1) is 6.92 Å². The molecule has 1 atom stereocenters. The van der Waals surface area contributed by atoms with Crippen molar-refractivity contribution in [1.29, 1.82) is 0 Å². The van der Waals surface area contributed by atoms with Crippen LogP contribution in [0.4, 0.5) is 0 Å². The molecule has 0 N–H and O–H groups in total. The van der Waals surface area contributed by atoms with Gasteiger partial charge in [0.2, 0.25) is 6.79 Å². The van der Waals surface area contributed by atoms with Crippen LogP contribution in [0.3, 0.4) is 0 Å². The van der Waals surface area contributed by atoms with Crippen molar-refractivity contribution in [1.82, 2.24) is 4.57 Å². The van der Waals surface area contributed by atoms with Crippen LogP contribution in [0.15, 0.2) is 55.9 Å². The fourth-order valence-corrected chi connectivity index (χ4v) is 5.91. The number of allylic oxidation sites excluding steroid dienone is 1. The Kier molecular flexibility index (Phi) is 6.48. The van der Waals surface area contributed by atoms with Crippen LogP contribution in [-0.2, 0) is 9.53 Å². The van der Waals surface area contributed by atoms with Crippen molar-refractivity contribution in [3.05, 3.63) is 82.5 Å². The molecule has 186 valence electrons. The van der Waals surface area contributed by atoms with Gasteiger partial charge in [-0.15, -0.1) is 0 Å². The number of thiazole rings is 1. The van der Waals surface area contributed by atoms with Gasteiger partial charge in [-0.3, -0.25) is 9.36 Å². The lowest BCUT2D eigenvalue weighted by Crippen LogP contribution is -2.40. The number of fused-ring (bicyclic) bond motifs is 2. The van der Waals surface area contributed by atoms with Gasteiger partial charge >= 0.3 is 5.97 Å². The van der Waals surface area contributed by atoms with Gasteiger partial charge in [-0.1, -0.05) is 17.4 Å². The van der Waals surface area contributed by atoms with E-state index in [0.29, 0.717) is 42.3 Å². The Balaban J connectivity index is 1.72. The number of hydrogen-bond acceptors (Lipinski definition) is 8. The molecule has 0 saturated heterocycles. The molecule has 0 saturated carbocycles. The number of carbonyl (C=O) groups excluding carboxylic acids is 1. The predicted molar refractivity (Wildman–Crippen MR) is 138 cm³/mol. The van der Waals surface area contributed by atoms with E-state index in [0.717, 1.165) is 16.7 Å². The van der Waals surface area contributed by atoms with Gasteiger partial charge in [0.1, 0.15) is 5.75 Å². The smallest absolute Gasteiger partial charge is 0.338 e. The molecular formula is C26H23BrN2O6S. The minimum Gasteiger partial charge on any atom is -0.496 e. The first-order valence-corrected chi connectivity index (χ1v) is 12.9. The van der Waals surface area contributed by atoms with Gasteiger partial charge in [-0.05, 0) is 83.7 Å². The van der Waals surface area contributed by atoms with Crippen LogP contribution in [0.2, 0.25) is 0 Å². The van der Waals surface area contributed by atoms with E-state index < -0.39 is 12.0 Å². The van der Waals surface area contributed by atoms with Crippen LogP contribution < -0.4 is 29.1 Å². The molecule has 3 aromatic rings. The molecule has 5 rings (SSSR count). The third kappa shape index (κ3) is 4.14. The summed E-state index contributed by atoms with van der Waals surface area (Å²) < 4.78 is 24.4. The molecule has 0 aliphatic carbocycles. The van der Waals surface area contributed by atoms with Gasteiger partial charge in [0.15, 0.2) is 16.3 Å². The lowest BCUT2D eigenvalue weighted by molar-refractivity contribution is -0.139. The molecule has 2 aliphatic rings. The number of carbonyl (C=O) groups is 1. The zero-order valence-corrected chi connectivity index (χ0v) is 22.5. The lowest BCUT2D eigenvalue weighted by atomic mass is 9.96. The van der Waals surface area contributed by atoms with Crippen LogP contribution in [-0.4, -0.2) is 31.0 Å². The maximum Gasteiger partial charge on any atom is 0.338 e. The Bertz CT molecular complexity index is 1600. The summed E-state index contributed by atoms with van der Waals surface area (Å²) >= 11 is 4.80. The molecule has 36 heavy (non-hydrogen) atoms. The molecule has 0 bridgehead atoms. The summed E-state index contributed by atoms with van der Waals surface area (Å²) in [7, 11) is 1.58. The minimum absolute atomic E-state index is 0.174. The summed E-state index contributed by atoms with van der Waals surface area (Å²) in [5.41, 5.74) is 3.11. The summed E-state index contributed by atoms with van der Waals surface area (Å²) in [5, 5.41) is 0. The summed E-state index contributed by atoms with van der Waals surface area (Å²) in [6.07, 6.45) is 1.82. The van der Waals surface area contributed by atoms with Crippen molar-refractivity contribution < 1.29 is 23.7 Å². The molecule has 10 heteroatoms. The molecule has 0 spiro atoms. The van der Waals surface area contributed by atoms with Gasteiger partial charge in [0, 0.05) is 0 Å². The summed E-state index contributed by atoms with van der Waals surface area (Å²) in [4.78, 5) is 32.0. The highest BCUT2D eigenvalue weighted by Crippen LogP contribution is 2.36. The molecule has 0 fully saturated rings. The second kappa shape index (κ2) is 9.59. The highest BCUT2D eigenvalue weighted by atomic mass is 79.9. The third-order valence-corrected chi connectivity index (χ3v) is 7.66. The zero-order valence-electron chi connectivity index (χ0n) is 20.1. The van der Waals surface area contributed by atoms with E-state index in [2.05, 4.69) is 20.9 Å². The second-order valence-corrected chi connectivity index (χ2v) is 10.1. The average Bonchev–Trinajstić information content (AvgIpc) is 3.42. The van der Waals surface area contributed by atoms with E-state index in [-0.39, 0.29) is 19.0 Å². The van der Waals surface area contributed by atoms with Crippen molar-refractivity contribution >= 4 is 39.3 Å². The average molecular weight is 571 g/mol. The number of aryl methyl sites for hydroxylation is 1. The van der Waals surface area contributed by atoms with Crippen molar-refractivity contribution in [2.45, 2.75) is 26.8 Å². The Morgan fingerprint density at radius 1 is 1.25 bits per heavy atom. The maximum atomic E-state index is 13.8. The fourth-order valence-electron chi connectivity index (χ4n) is 4.32. The predicted octanol–water partition coefficient (Wildman–Crippen LogP) is 3.61. The third-order valence-electron chi connectivity index (χ3n) is 6.06. The Morgan fingerprint density at radius 3 is 2.69 bits per heavy atom. The van der Waals surface area contributed by atoms with Crippen molar-refractivity contribution in [2.75, 3.05) is 20.5 Å². The number of hydrogen-bond donors (Lipinski definition) is 0. The lowest BCUT2D eigenvalue weighted by Gasteiger charge is -2.25. The normalized spacial score (nSPS) is 16.6. The molecule has 0 radical (unpaired) electrons. The van der Waals surface area contributed by atoms with E-state index in [4.69, 9.17) is 18.9 Å². The van der Waals surface area contributed by atoms with Crippen LogP contribution >= 0.6 is 27.3 Å². The van der Waals surface area contributed by atoms with Gasteiger partial charge in [0.05, 0.1) is 40.0 Å². The summed E-state index contributed by atoms with van der Waals surface area (Å²) in [6.45, 7) is 5.84. The van der Waals surface area contributed by atoms with Gasteiger partial charge in [-0.25, -0.2) is 9.79 Å². The highest BCUT2D eigenvalue weighted by Gasteiger charge is 2.33. The second-order valence-electron chi connectivity index (χ2n) is 8.26. The van der Waals surface area contributed by atoms with Crippen molar-refractivity contribution in [2.24, 2.45) is 4.99 Å². The van der Waals surface area contributed by atoms with E-state index in [1.807, 2.05) is 37.3 Å². The fraction of sp³-hybridized carbons (Fsp3) is 0.269. The first kappa shape index (κ1) is 24.3. The first-order valence-electron chi connectivity index (χ1n) is 11.3. The van der Waals surface area contributed by atoms with Gasteiger partial charge in [-0.2, -0.15) is 0 Å². The molecule has 3 heterocycles. The standard InChI is InChI=1S/C26H23BrN2O6S/c1-5-33-25(31)22-14(3)28-26-29(23(22)15-6-7-18(32-4)17(27)9-15)24(30)21(36-26)11-16-10-20-19(8-13(16)2)34-12-35-20/h6-11,23H,5,12H2,1-4H3/b21-11-/t23-/m1/s1. The Labute approximate surface area is 219 Å². The number of benzene rings is 2. The van der Waals surface area contributed by atoms with Crippen LogP contribution in [0.1, 0.15) is 36.6 Å². The number of aromatic nitrogens is 1. The van der Waals surface area contributed by atoms with E-state index in [9.17, 15) is 9.59 Å². The number of esters is 1. The maximum absolute atomic E-state index is 13.8.